The molecule has 0 unspecified atom stereocenters. The molecule has 3 aromatic carbocycles. The zero-order chi connectivity index (χ0) is 30.8. The van der Waals surface area contributed by atoms with Gasteiger partial charge in [-0.1, -0.05) is 81.4 Å². The maximum atomic E-state index is 11.6. The van der Waals surface area contributed by atoms with Gasteiger partial charge in [0.25, 0.3) is 0 Å². The molecule has 0 heterocycles. The molecule has 3 aromatic rings. The predicted molar refractivity (Wildman–Crippen MR) is 172 cm³/mol. The van der Waals surface area contributed by atoms with Crippen LogP contribution < -0.4 is 10.1 Å². The molecule has 0 saturated heterocycles. The van der Waals surface area contributed by atoms with Crippen molar-refractivity contribution in [2.75, 3.05) is 13.7 Å². The van der Waals surface area contributed by atoms with Gasteiger partial charge in [0.15, 0.2) is 8.32 Å². The molecule has 42 heavy (non-hydrogen) atoms. The van der Waals surface area contributed by atoms with Crippen molar-refractivity contribution in [3.63, 3.8) is 0 Å². The first-order chi connectivity index (χ1) is 19.9. The second-order valence-electron chi connectivity index (χ2n) is 12.6. The van der Waals surface area contributed by atoms with Crippen molar-refractivity contribution in [2.45, 2.75) is 90.4 Å². The minimum absolute atomic E-state index is 0.0556. The van der Waals surface area contributed by atoms with Crippen molar-refractivity contribution in [2.24, 2.45) is 0 Å². The van der Waals surface area contributed by atoms with Crippen LogP contribution in [0, 0.1) is 0 Å². The SMILES string of the molecule is COC(=O)CCc1cccc(C[C@@H](C)NC[C@@H](O[Si](C)(C)C(C)(C)C)c2ccc(OCc3ccccc3)c(CO)c2)c1. The van der Waals surface area contributed by atoms with E-state index in [4.69, 9.17) is 13.9 Å². The number of ether oxygens (including phenoxy) is 2. The van der Waals surface area contributed by atoms with Crippen molar-refractivity contribution in [3.8, 4) is 5.75 Å². The van der Waals surface area contributed by atoms with Crippen LogP contribution in [0.15, 0.2) is 72.8 Å². The van der Waals surface area contributed by atoms with E-state index in [1.165, 1.54) is 12.7 Å². The van der Waals surface area contributed by atoms with Crippen LogP contribution in [-0.2, 0) is 40.0 Å². The van der Waals surface area contributed by atoms with Crippen molar-refractivity contribution >= 4 is 14.3 Å². The number of hydrogen-bond acceptors (Lipinski definition) is 6. The van der Waals surface area contributed by atoms with Crippen LogP contribution in [0.1, 0.15) is 68.0 Å². The Kier molecular flexibility index (Phi) is 12.4. The van der Waals surface area contributed by atoms with E-state index in [9.17, 15) is 9.90 Å². The van der Waals surface area contributed by atoms with Crippen LogP contribution in [0.2, 0.25) is 18.1 Å². The summed E-state index contributed by atoms with van der Waals surface area (Å²) in [6, 6.07) is 24.7. The van der Waals surface area contributed by atoms with Crippen LogP contribution >= 0.6 is 0 Å². The molecular formula is C35H49NO5Si. The number of aliphatic hydroxyl groups is 1. The van der Waals surface area contributed by atoms with E-state index in [0.717, 1.165) is 28.7 Å². The van der Waals surface area contributed by atoms with E-state index in [1.54, 1.807) is 0 Å². The quantitative estimate of drug-likeness (QED) is 0.144. The van der Waals surface area contributed by atoms with Gasteiger partial charge in [-0.05, 0) is 72.3 Å². The van der Waals surface area contributed by atoms with Crippen molar-refractivity contribution in [1.29, 1.82) is 0 Å². The highest BCUT2D eigenvalue weighted by molar-refractivity contribution is 6.74. The number of carbonyl (C=O) groups excluding carboxylic acids is 1. The minimum atomic E-state index is -2.10. The molecule has 0 aliphatic heterocycles. The summed E-state index contributed by atoms with van der Waals surface area (Å²) in [4.78, 5) is 11.6. The molecule has 0 aliphatic carbocycles. The summed E-state index contributed by atoms with van der Waals surface area (Å²) in [6.45, 7) is 14.5. The number of benzene rings is 3. The number of aliphatic hydroxyl groups excluding tert-OH is 1. The largest absolute Gasteiger partial charge is 0.489 e. The Morgan fingerprint density at radius 3 is 2.31 bits per heavy atom. The van der Waals surface area contributed by atoms with E-state index < -0.39 is 8.32 Å². The molecule has 0 aromatic heterocycles. The summed E-state index contributed by atoms with van der Waals surface area (Å²) in [6.07, 6.45) is 1.73. The zero-order valence-corrected chi connectivity index (χ0v) is 27.4. The highest BCUT2D eigenvalue weighted by Gasteiger charge is 2.39. The predicted octanol–water partition coefficient (Wildman–Crippen LogP) is 7.15. The van der Waals surface area contributed by atoms with E-state index in [-0.39, 0.29) is 29.8 Å². The molecule has 0 bridgehead atoms. The molecular weight excluding hydrogens is 542 g/mol. The van der Waals surface area contributed by atoms with Gasteiger partial charge < -0.3 is 24.3 Å². The third kappa shape index (κ3) is 10.1. The van der Waals surface area contributed by atoms with Crippen molar-refractivity contribution < 1.29 is 23.8 Å². The maximum Gasteiger partial charge on any atom is 0.305 e. The summed E-state index contributed by atoms with van der Waals surface area (Å²) in [7, 11) is -0.674. The summed E-state index contributed by atoms with van der Waals surface area (Å²) < 4.78 is 17.8. The topological polar surface area (TPSA) is 77.0 Å². The van der Waals surface area contributed by atoms with Crippen molar-refractivity contribution in [1.82, 2.24) is 5.32 Å². The van der Waals surface area contributed by atoms with Crippen molar-refractivity contribution in [3.05, 3.63) is 101 Å². The minimum Gasteiger partial charge on any atom is -0.489 e. The fourth-order valence-corrected chi connectivity index (χ4v) is 5.84. The third-order valence-electron chi connectivity index (χ3n) is 8.14. The lowest BCUT2D eigenvalue weighted by Gasteiger charge is -2.40. The first-order valence-corrected chi connectivity index (χ1v) is 17.8. The Hall–Kier alpha value is -2.97. The summed E-state index contributed by atoms with van der Waals surface area (Å²) in [5.74, 6) is 0.493. The number of methoxy groups -OCH3 is 1. The molecule has 0 aliphatic rings. The summed E-state index contributed by atoms with van der Waals surface area (Å²) >= 11 is 0. The monoisotopic (exact) mass is 591 g/mol. The lowest BCUT2D eigenvalue weighted by atomic mass is 10.0. The molecule has 0 fully saturated rings. The molecule has 0 amide bonds. The summed E-state index contributed by atoms with van der Waals surface area (Å²) in [5, 5.41) is 14.0. The molecule has 3 rings (SSSR count). The second-order valence-corrected chi connectivity index (χ2v) is 17.3. The molecule has 0 spiro atoms. The van der Waals surface area contributed by atoms with Gasteiger partial charge in [-0.25, -0.2) is 0 Å². The van der Waals surface area contributed by atoms with Gasteiger partial charge in [-0.3, -0.25) is 4.79 Å². The van der Waals surface area contributed by atoms with Gasteiger partial charge in [0.1, 0.15) is 12.4 Å². The number of aryl methyl sites for hydroxylation is 1. The fraction of sp³-hybridized carbons (Fsp3) is 0.457. The van der Waals surface area contributed by atoms with Gasteiger partial charge in [0.2, 0.25) is 0 Å². The lowest BCUT2D eigenvalue weighted by molar-refractivity contribution is -0.140. The second kappa shape index (κ2) is 15.5. The number of carbonyl (C=O) groups is 1. The Bertz CT molecular complexity index is 1270. The normalized spacial score (nSPS) is 13.4. The molecule has 228 valence electrons. The van der Waals surface area contributed by atoms with E-state index in [1.807, 2.05) is 42.5 Å². The number of nitrogens with one attached hydrogen (secondary N) is 1. The van der Waals surface area contributed by atoms with E-state index in [2.05, 4.69) is 76.4 Å². The molecule has 6 nitrogen and oxygen atoms in total. The van der Waals surface area contributed by atoms with Gasteiger partial charge >= 0.3 is 5.97 Å². The van der Waals surface area contributed by atoms with Gasteiger partial charge in [-0.2, -0.15) is 0 Å². The molecule has 2 atom stereocenters. The average molecular weight is 592 g/mol. The number of rotatable bonds is 15. The lowest BCUT2D eigenvalue weighted by Crippen LogP contribution is -2.44. The Morgan fingerprint density at radius 2 is 1.64 bits per heavy atom. The van der Waals surface area contributed by atoms with Gasteiger partial charge in [-0.15, -0.1) is 0 Å². The molecule has 7 heteroatoms. The number of hydrogen-bond donors (Lipinski definition) is 2. The van der Waals surface area contributed by atoms with Crippen LogP contribution in [0.3, 0.4) is 0 Å². The molecule has 0 radical (unpaired) electrons. The van der Waals surface area contributed by atoms with E-state index >= 15 is 0 Å². The third-order valence-corrected chi connectivity index (χ3v) is 12.6. The zero-order valence-electron chi connectivity index (χ0n) is 26.4. The summed E-state index contributed by atoms with van der Waals surface area (Å²) in [5.41, 5.74) is 5.22. The Balaban J connectivity index is 1.73. The van der Waals surface area contributed by atoms with Gasteiger partial charge in [0, 0.05) is 24.6 Å². The smallest absolute Gasteiger partial charge is 0.305 e. The fourth-order valence-electron chi connectivity index (χ4n) is 4.55. The average Bonchev–Trinajstić information content (AvgIpc) is 2.97. The van der Waals surface area contributed by atoms with Crippen LogP contribution in [0.5, 0.6) is 5.75 Å². The first kappa shape index (κ1) is 33.5. The molecule has 0 saturated carbocycles. The Labute approximate surface area is 253 Å². The van der Waals surface area contributed by atoms with E-state index in [0.29, 0.717) is 31.7 Å². The van der Waals surface area contributed by atoms with Crippen LogP contribution in [0.25, 0.3) is 0 Å². The number of esters is 1. The van der Waals surface area contributed by atoms with Crippen LogP contribution in [0.4, 0.5) is 0 Å². The standard InChI is InChI=1S/C35H49NO5Si/c1-26(20-29-15-11-14-27(21-29)16-19-34(38)39-5)36-23-33(41-42(6,7)35(2,3)4)30-17-18-32(31(22-30)24-37)40-25-28-12-9-8-10-13-28/h8-15,17-18,21-22,26,33,36-37H,16,19-20,23-25H2,1-7H3/t26-,33-/m1/s1. The van der Waals surface area contributed by atoms with Gasteiger partial charge in [0.05, 0.1) is 19.8 Å². The van der Waals surface area contributed by atoms with Crippen LogP contribution in [-0.4, -0.2) is 39.1 Å². The highest BCUT2D eigenvalue weighted by atomic mass is 28.4. The maximum absolute atomic E-state index is 11.6. The Morgan fingerprint density at radius 1 is 0.952 bits per heavy atom. The molecule has 2 N–H and O–H groups in total. The first-order valence-electron chi connectivity index (χ1n) is 14.9. The highest BCUT2D eigenvalue weighted by Crippen LogP contribution is 2.40.